The SMILES string of the molecule is C=CCOC(=O)NC(C(=O)N1CCCC1c1ncc(-c2ccc(-c3cc4ccc3CCc3ccc(c(-c5ccc(-c6cnc(C7CCCN7C(=O)C(NC(=O)OCC=C)c7ccccc7)[nH]6)cc5)c3)CC4)cc2)[nH]1)c1ccccc1. The van der Waals surface area contributed by atoms with Crippen LogP contribution >= 0.6 is 0 Å². The summed E-state index contributed by atoms with van der Waals surface area (Å²) >= 11 is 0. The van der Waals surface area contributed by atoms with Gasteiger partial charge in [-0.3, -0.25) is 9.59 Å². The molecule has 2 aliphatic heterocycles. The molecule has 14 nitrogen and oxygen atoms in total. The van der Waals surface area contributed by atoms with Crippen molar-refractivity contribution < 1.29 is 28.7 Å². The number of benzene rings is 6. The van der Waals surface area contributed by atoms with Crippen LogP contribution in [0.4, 0.5) is 9.59 Å². The summed E-state index contributed by atoms with van der Waals surface area (Å²) in [6.45, 7) is 8.40. The lowest BCUT2D eigenvalue weighted by Gasteiger charge is -2.28. The van der Waals surface area contributed by atoms with Crippen molar-refractivity contribution in [3.8, 4) is 44.8 Å². The Morgan fingerprint density at radius 2 is 0.938 bits per heavy atom. The Bertz CT molecular complexity index is 3290. The van der Waals surface area contributed by atoms with Gasteiger partial charge < -0.3 is 39.9 Å². The van der Waals surface area contributed by atoms with Crippen LogP contribution in [0.5, 0.6) is 0 Å². The van der Waals surface area contributed by atoms with Gasteiger partial charge in [0, 0.05) is 13.1 Å². The predicted octanol–water partition coefficient (Wildman–Crippen LogP) is 12.3. The molecule has 4 heterocycles. The lowest BCUT2D eigenvalue weighted by atomic mass is 9.87. The number of ether oxygens (including phenoxy) is 2. The summed E-state index contributed by atoms with van der Waals surface area (Å²) in [4.78, 5) is 74.1. The maximum Gasteiger partial charge on any atom is 0.408 e. The quantitative estimate of drug-likeness (QED) is 0.0692. The average Bonchev–Trinajstić information content (AvgIpc) is 4.40. The number of nitrogens with one attached hydrogen (secondary N) is 4. The van der Waals surface area contributed by atoms with Gasteiger partial charge in [-0.05, 0) is 118 Å². The number of imidazole rings is 2. The molecule has 0 spiro atoms. The van der Waals surface area contributed by atoms with Gasteiger partial charge in [0.15, 0.2) is 0 Å². The number of aromatic amines is 2. The zero-order chi connectivity index (χ0) is 55.0. The van der Waals surface area contributed by atoms with Crippen LogP contribution in [-0.4, -0.2) is 80.0 Å². The number of rotatable bonds is 16. The fourth-order valence-electron chi connectivity index (χ4n) is 11.5. The summed E-state index contributed by atoms with van der Waals surface area (Å²) in [7, 11) is 0. The number of aryl methyl sites for hydroxylation is 4. The summed E-state index contributed by atoms with van der Waals surface area (Å²) in [5.41, 5.74) is 15.0. The van der Waals surface area contributed by atoms with Gasteiger partial charge in [-0.25, -0.2) is 19.6 Å². The number of carbonyl (C=O) groups excluding carboxylic acids is 4. The minimum absolute atomic E-state index is 0.0390. The molecule has 4 aliphatic carbocycles. The summed E-state index contributed by atoms with van der Waals surface area (Å²) in [6.07, 6.45) is 11.9. The van der Waals surface area contributed by atoms with E-state index < -0.39 is 24.3 Å². The predicted molar refractivity (Wildman–Crippen MR) is 309 cm³/mol. The molecule has 6 aliphatic rings. The van der Waals surface area contributed by atoms with Crippen LogP contribution in [0.1, 0.15) is 94.9 Å². The molecule has 8 aromatic rings. The van der Waals surface area contributed by atoms with Crippen molar-refractivity contribution in [3.63, 3.8) is 0 Å². The number of hydrogen-bond donors (Lipinski definition) is 4. The van der Waals surface area contributed by atoms with Crippen molar-refractivity contribution in [3.05, 3.63) is 228 Å². The van der Waals surface area contributed by atoms with Crippen molar-refractivity contribution in [1.29, 1.82) is 0 Å². The van der Waals surface area contributed by atoms with E-state index in [-0.39, 0.29) is 37.1 Å². The first kappa shape index (κ1) is 52.7. The van der Waals surface area contributed by atoms with E-state index in [1.807, 2.05) is 82.9 Å². The number of aromatic nitrogens is 4. The molecule has 0 saturated carbocycles. The van der Waals surface area contributed by atoms with E-state index in [1.165, 1.54) is 45.5 Å². The maximum atomic E-state index is 14.2. The maximum absolute atomic E-state index is 14.2. The first-order chi connectivity index (χ1) is 39.2. The van der Waals surface area contributed by atoms with E-state index in [0.717, 1.165) is 85.0 Å². The van der Waals surface area contributed by atoms with Gasteiger partial charge in [-0.1, -0.05) is 171 Å². The molecule has 2 saturated heterocycles. The molecule has 6 aromatic carbocycles. The number of alkyl carbamates (subject to hydrolysis) is 2. The Morgan fingerprint density at radius 3 is 1.34 bits per heavy atom. The van der Waals surface area contributed by atoms with E-state index in [1.54, 1.807) is 0 Å². The highest BCUT2D eigenvalue weighted by atomic mass is 16.6. The van der Waals surface area contributed by atoms with Crippen LogP contribution in [0, 0.1) is 0 Å². The van der Waals surface area contributed by atoms with E-state index in [9.17, 15) is 19.2 Å². The van der Waals surface area contributed by atoms with Gasteiger partial charge >= 0.3 is 12.2 Å². The Kier molecular flexibility index (Phi) is 15.9. The molecule has 4 unspecified atom stereocenters. The molecule has 404 valence electrons. The average molecular weight is 1070 g/mol. The van der Waals surface area contributed by atoms with Crippen LogP contribution in [0.25, 0.3) is 44.8 Å². The molecule has 14 rings (SSSR count). The number of hydrogen-bond acceptors (Lipinski definition) is 8. The summed E-state index contributed by atoms with van der Waals surface area (Å²) in [6, 6.07) is 47.3. The molecule has 4 bridgehead atoms. The number of nitrogens with zero attached hydrogens (tertiary/aromatic N) is 4. The van der Waals surface area contributed by atoms with Crippen LogP contribution in [0.2, 0.25) is 0 Å². The van der Waals surface area contributed by atoms with E-state index >= 15 is 0 Å². The second kappa shape index (κ2) is 24.2. The Hall–Kier alpha value is -9.30. The van der Waals surface area contributed by atoms with Gasteiger partial charge in [0.1, 0.15) is 36.9 Å². The van der Waals surface area contributed by atoms with Gasteiger partial charge in [0.25, 0.3) is 11.8 Å². The number of amides is 4. The standard InChI is InChI=1S/C66H64N8O6/c1-3-37-79-65(77)71-59(51-13-7-5-8-14-51)63(75)73-35-11-17-57(73)61-67-41-55(69-61)49-31-27-47(28-32-49)53-39-43-19-23-45(53)25-21-44-20-24-46(26-22-43)54(40-44)48-29-33-50(34-30-48)56-42-68-62(70-56)58-18-12-36-74(58)64(76)60(52-15-9-6-10-16-52)72-66(78)80-38-4-2/h3-10,13-16,19-20,23-24,27-34,39-42,57-60H,1-2,11-12,17-18,21-22,25-26,35-38H2,(H,67,69)(H,68,70)(H,71,77)(H,72,78). The summed E-state index contributed by atoms with van der Waals surface area (Å²) < 4.78 is 10.4. The molecule has 4 N–H and O–H groups in total. The molecule has 0 radical (unpaired) electrons. The van der Waals surface area contributed by atoms with Crippen molar-refractivity contribution in [2.24, 2.45) is 0 Å². The first-order valence-corrected chi connectivity index (χ1v) is 27.6. The Morgan fingerprint density at radius 1 is 0.537 bits per heavy atom. The van der Waals surface area contributed by atoms with Crippen molar-refractivity contribution in [2.75, 3.05) is 26.3 Å². The lowest BCUT2D eigenvalue weighted by molar-refractivity contribution is -0.135. The molecule has 4 amide bonds. The smallest absolute Gasteiger partial charge is 0.408 e. The van der Waals surface area contributed by atoms with Gasteiger partial charge in [-0.2, -0.15) is 0 Å². The van der Waals surface area contributed by atoms with Crippen molar-refractivity contribution in [2.45, 2.75) is 75.5 Å². The molecule has 2 fully saturated rings. The highest BCUT2D eigenvalue weighted by Gasteiger charge is 2.39. The molecule has 80 heavy (non-hydrogen) atoms. The fourth-order valence-corrected chi connectivity index (χ4v) is 11.5. The number of H-pyrrole nitrogens is 2. The van der Waals surface area contributed by atoms with Crippen molar-refractivity contribution >= 4 is 24.0 Å². The van der Waals surface area contributed by atoms with E-state index in [2.05, 4.69) is 119 Å². The fraction of sp³-hybridized carbons (Fsp3) is 0.242. The minimum Gasteiger partial charge on any atom is -0.445 e. The monoisotopic (exact) mass is 1060 g/mol. The Labute approximate surface area is 466 Å². The third kappa shape index (κ3) is 11.6. The largest absolute Gasteiger partial charge is 0.445 e. The second-order valence-corrected chi connectivity index (χ2v) is 20.6. The molecule has 14 heteroatoms. The zero-order valence-electron chi connectivity index (χ0n) is 44.6. The van der Waals surface area contributed by atoms with Gasteiger partial charge in [0.05, 0.1) is 35.9 Å². The lowest BCUT2D eigenvalue weighted by Crippen LogP contribution is -2.43. The van der Waals surface area contributed by atoms with Crippen LogP contribution in [0.3, 0.4) is 0 Å². The highest BCUT2D eigenvalue weighted by Crippen LogP contribution is 2.38. The summed E-state index contributed by atoms with van der Waals surface area (Å²) in [5, 5.41) is 5.56. The molecule has 2 aromatic heterocycles. The number of carbonyl (C=O) groups is 4. The highest BCUT2D eigenvalue weighted by molar-refractivity contribution is 5.88. The topological polar surface area (TPSA) is 175 Å². The molecule has 4 atom stereocenters. The molecular weight excluding hydrogens is 1000 g/mol. The third-order valence-corrected chi connectivity index (χ3v) is 15.6. The first-order valence-electron chi connectivity index (χ1n) is 27.6. The van der Waals surface area contributed by atoms with E-state index in [0.29, 0.717) is 35.9 Å². The van der Waals surface area contributed by atoms with Crippen LogP contribution < -0.4 is 10.6 Å². The van der Waals surface area contributed by atoms with Gasteiger partial charge in [-0.15, -0.1) is 0 Å². The summed E-state index contributed by atoms with van der Waals surface area (Å²) in [5.74, 6) is 0.989. The Balaban J connectivity index is 0.754. The third-order valence-electron chi connectivity index (χ3n) is 15.6. The zero-order valence-corrected chi connectivity index (χ0v) is 44.6. The van der Waals surface area contributed by atoms with Crippen LogP contribution in [0.15, 0.2) is 183 Å². The second-order valence-electron chi connectivity index (χ2n) is 20.6. The minimum atomic E-state index is -0.915. The van der Waals surface area contributed by atoms with Crippen molar-refractivity contribution in [1.82, 2.24) is 40.4 Å². The van der Waals surface area contributed by atoms with Crippen LogP contribution in [-0.2, 0) is 44.7 Å². The van der Waals surface area contributed by atoms with E-state index in [4.69, 9.17) is 19.4 Å². The number of likely N-dealkylation sites (tertiary alicyclic amines) is 2. The van der Waals surface area contributed by atoms with Gasteiger partial charge in [0.2, 0.25) is 0 Å². The molecular formula is C66H64N8O6. The normalized spacial score (nSPS) is 16.5.